The second-order valence-electron chi connectivity index (χ2n) is 8.93. The molecule has 3 heterocycles. The fourth-order valence-electron chi connectivity index (χ4n) is 4.38. The van der Waals surface area contributed by atoms with Crippen molar-refractivity contribution in [3.05, 3.63) is 66.4 Å². The Morgan fingerprint density at radius 3 is 2.65 bits per heavy atom. The van der Waals surface area contributed by atoms with Crippen LogP contribution in [-0.2, 0) is 21.3 Å². The van der Waals surface area contributed by atoms with Gasteiger partial charge >= 0.3 is 0 Å². The lowest BCUT2D eigenvalue weighted by molar-refractivity contribution is 0.0342. The first kappa shape index (κ1) is 25.0. The molecule has 0 aliphatic carbocycles. The molecule has 4 aromatic rings. The Hall–Kier alpha value is -3.67. The molecule has 1 N–H and O–H groups in total. The number of aromatic nitrogens is 3. The van der Waals surface area contributed by atoms with Crippen LogP contribution in [0.4, 0.5) is 17.3 Å². The molecule has 0 bridgehead atoms. The third kappa shape index (κ3) is 5.38. The molecular weight excluding hydrogens is 492 g/mol. The van der Waals surface area contributed by atoms with Crippen molar-refractivity contribution in [2.75, 3.05) is 56.3 Å². The number of hydrogen-bond donors (Lipinski definition) is 1. The third-order valence-electron chi connectivity index (χ3n) is 6.44. The summed E-state index contributed by atoms with van der Waals surface area (Å²) in [6, 6.07) is 17.2. The minimum absolute atomic E-state index is 0.387. The minimum atomic E-state index is -3.44. The van der Waals surface area contributed by atoms with Gasteiger partial charge in [-0.05, 0) is 35.9 Å². The van der Waals surface area contributed by atoms with Crippen LogP contribution in [-0.4, -0.2) is 74.6 Å². The van der Waals surface area contributed by atoms with Crippen molar-refractivity contribution in [1.29, 1.82) is 0 Å². The summed E-state index contributed by atoms with van der Waals surface area (Å²) in [4.78, 5) is 6.83. The van der Waals surface area contributed by atoms with Gasteiger partial charge < -0.3 is 14.8 Å². The van der Waals surface area contributed by atoms with Crippen LogP contribution < -0.4 is 14.4 Å². The number of rotatable bonds is 8. The molecule has 37 heavy (non-hydrogen) atoms. The predicted octanol–water partition coefficient (Wildman–Crippen LogP) is 3.38. The van der Waals surface area contributed by atoms with Crippen molar-refractivity contribution in [3.63, 3.8) is 0 Å². The van der Waals surface area contributed by atoms with Crippen LogP contribution in [0, 0.1) is 0 Å². The van der Waals surface area contributed by atoms with Crippen LogP contribution >= 0.6 is 0 Å². The van der Waals surface area contributed by atoms with Crippen LogP contribution in [0.3, 0.4) is 0 Å². The summed E-state index contributed by atoms with van der Waals surface area (Å²) >= 11 is 0. The molecule has 194 valence electrons. The van der Waals surface area contributed by atoms with Crippen molar-refractivity contribution >= 4 is 32.9 Å². The van der Waals surface area contributed by atoms with E-state index in [0.717, 1.165) is 60.9 Å². The number of hydrogen-bond acceptors (Lipinski definition) is 8. The SMILES string of the molecule is COc1cc(CN2CCOCC2)ccc1Nc1ncc2ccc(-c3ccccc3N(C)S(C)(=O)=O)n2n1. The van der Waals surface area contributed by atoms with Crippen LogP contribution in [0.25, 0.3) is 16.8 Å². The van der Waals surface area contributed by atoms with Gasteiger partial charge in [-0.1, -0.05) is 24.3 Å². The van der Waals surface area contributed by atoms with Gasteiger partial charge in [0.1, 0.15) is 5.75 Å². The van der Waals surface area contributed by atoms with E-state index in [1.807, 2.05) is 42.5 Å². The Bertz CT molecular complexity index is 1510. The van der Waals surface area contributed by atoms with E-state index in [0.29, 0.717) is 17.4 Å². The van der Waals surface area contributed by atoms with Crippen LogP contribution in [0.5, 0.6) is 5.75 Å². The molecule has 0 radical (unpaired) electrons. The zero-order chi connectivity index (χ0) is 26.0. The minimum Gasteiger partial charge on any atom is -0.495 e. The summed E-state index contributed by atoms with van der Waals surface area (Å²) in [5, 5.41) is 7.98. The highest BCUT2D eigenvalue weighted by Crippen LogP contribution is 2.33. The molecule has 0 saturated carbocycles. The molecule has 1 aliphatic rings. The monoisotopic (exact) mass is 522 g/mol. The number of para-hydroxylation sites is 1. The first-order valence-corrected chi connectivity index (χ1v) is 13.8. The van der Waals surface area contributed by atoms with E-state index in [1.54, 1.807) is 30.9 Å². The molecule has 2 aromatic heterocycles. The molecule has 0 spiro atoms. The normalized spacial score (nSPS) is 14.6. The zero-order valence-electron chi connectivity index (χ0n) is 21.1. The molecule has 5 rings (SSSR count). The maximum Gasteiger partial charge on any atom is 0.245 e. The number of sulfonamides is 1. The molecule has 0 amide bonds. The maximum absolute atomic E-state index is 12.2. The molecule has 2 aromatic carbocycles. The van der Waals surface area contributed by atoms with E-state index in [9.17, 15) is 8.42 Å². The van der Waals surface area contributed by atoms with Crippen molar-refractivity contribution < 1.29 is 17.9 Å². The summed E-state index contributed by atoms with van der Waals surface area (Å²) in [5.41, 5.74) is 4.74. The number of fused-ring (bicyclic) bond motifs is 1. The fraction of sp³-hybridized carbons (Fsp3) is 0.308. The zero-order valence-corrected chi connectivity index (χ0v) is 21.9. The fourth-order valence-corrected chi connectivity index (χ4v) is 4.90. The number of morpholine rings is 1. The van der Waals surface area contributed by atoms with Crippen molar-refractivity contribution in [1.82, 2.24) is 19.5 Å². The highest BCUT2D eigenvalue weighted by atomic mass is 32.2. The second kappa shape index (κ2) is 10.4. The number of nitrogens with one attached hydrogen (secondary N) is 1. The van der Waals surface area contributed by atoms with Crippen molar-refractivity contribution in [3.8, 4) is 17.0 Å². The maximum atomic E-state index is 12.2. The molecule has 0 unspecified atom stereocenters. The summed E-state index contributed by atoms with van der Waals surface area (Å²) < 4.78 is 38.6. The van der Waals surface area contributed by atoms with E-state index in [1.165, 1.54) is 10.6 Å². The average molecular weight is 523 g/mol. The Labute approximate surface area is 216 Å². The molecular formula is C26H30N6O4S. The lowest BCUT2D eigenvalue weighted by atomic mass is 10.1. The quantitative estimate of drug-likeness (QED) is 0.376. The van der Waals surface area contributed by atoms with Gasteiger partial charge in [0.05, 0.1) is 55.4 Å². The lowest BCUT2D eigenvalue weighted by Gasteiger charge is -2.26. The third-order valence-corrected chi connectivity index (χ3v) is 7.63. The van der Waals surface area contributed by atoms with Gasteiger partial charge in [0.15, 0.2) is 0 Å². The van der Waals surface area contributed by atoms with Gasteiger partial charge in [0.2, 0.25) is 16.0 Å². The number of anilines is 3. The van der Waals surface area contributed by atoms with Gasteiger partial charge in [-0.2, -0.15) is 0 Å². The van der Waals surface area contributed by atoms with Crippen molar-refractivity contribution in [2.45, 2.75) is 6.54 Å². The Morgan fingerprint density at radius 1 is 1.11 bits per heavy atom. The van der Waals surface area contributed by atoms with Crippen LogP contribution in [0.2, 0.25) is 0 Å². The Balaban J connectivity index is 1.45. The predicted molar refractivity (Wildman–Crippen MR) is 144 cm³/mol. The second-order valence-corrected chi connectivity index (χ2v) is 10.9. The van der Waals surface area contributed by atoms with Crippen LogP contribution in [0.1, 0.15) is 5.56 Å². The molecule has 1 fully saturated rings. The van der Waals surface area contributed by atoms with E-state index in [2.05, 4.69) is 21.3 Å². The first-order chi connectivity index (χ1) is 17.8. The molecule has 0 atom stereocenters. The van der Waals surface area contributed by atoms with Gasteiger partial charge in [-0.3, -0.25) is 9.21 Å². The average Bonchev–Trinajstić information content (AvgIpc) is 3.32. The largest absolute Gasteiger partial charge is 0.495 e. The number of ether oxygens (including phenoxy) is 2. The van der Waals surface area contributed by atoms with E-state index in [4.69, 9.17) is 14.6 Å². The van der Waals surface area contributed by atoms with E-state index >= 15 is 0 Å². The Kier molecular flexibility index (Phi) is 7.00. The number of methoxy groups -OCH3 is 1. The number of nitrogens with zero attached hydrogens (tertiary/aromatic N) is 5. The number of benzene rings is 2. The van der Waals surface area contributed by atoms with Crippen molar-refractivity contribution in [2.24, 2.45) is 0 Å². The molecule has 11 heteroatoms. The lowest BCUT2D eigenvalue weighted by Crippen LogP contribution is -2.35. The first-order valence-electron chi connectivity index (χ1n) is 12.0. The Morgan fingerprint density at radius 2 is 1.89 bits per heavy atom. The standard InChI is InChI=1S/C26H30N6O4S/c1-30(37(3,33)34)23-7-5-4-6-21(23)24-11-9-20-17-27-26(29-32(20)24)28-22-10-8-19(16-25(22)35-2)18-31-12-14-36-15-13-31/h4-11,16-17H,12-15,18H2,1-3H3,(H,28,29). The molecule has 1 saturated heterocycles. The van der Waals surface area contributed by atoms with E-state index < -0.39 is 10.0 Å². The van der Waals surface area contributed by atoms with Gasteiger partial charge in [-0.15, -0.1) is 5.10 Å². The van der Waals surface area contributed by atoms with Gasteiger partial charge in [0, 0.05) is 32.2 Å². The highest BCUT2D eigenvalue weighted by molar-refractivity contribution is 7.92. The summed E-state index contributed by atoms with van der Waals surface area (Å²) in [5.74, 6) is 1.08. The van der Waals surface area contributed by atoms with E-state index in [-0.39, 0.29) is 0 Å². The molecule has 10 nitrogen and oxygen atoms in total. The smallest absolute Gasteiger partial charge is 0.245 e. The summed E-state index contributed by atoms with van der Waals surface area (Å²) in [6.07, 6.45) is 2.91. The highest BCUT2D eigenvalue weighted by Gasteiger charge is 2.19. The van der Waals surface area contributed by atoms with Crippen LogP contribution in [0.15, 0.2) is 60.8 Å². The summed E-state index contributed by atoms with van der Waals surface area (Å²) in [6.45, 7) is 4.17. The summed E-state index contributed by atoms with van der Waals surface area (Å²) in [7, 11) is -0.253. The molecule has 1 aliphatic heterocycles. The van der Waals surface area contributed by atoms with Gasteiger partial charge in [-0.25, -0.2) is 17.9 Å². The van der Waals surface area contributed by atoms with Gasteiger partial charge in [0.25, 0.3) is 0 Å². The topological polar surface area (TPSA) is 101 Å².